The summed E-state index contributed by atoms with van der Waals surface area (Å²) in [6.45, 7) is 2.30. The van der Waals surface area contributed by atoms with Gasteiger partial charge in [-0.05, 0) is 6.42 Å². The summed E-state index contributed by atoms with van der Waals surface area (Å²) in [5.41, 5.74) is 0. The Kier molecular flexibility index (Phi) is 8.38. The fourth-order valence-electron chi connectivity index (χ4n) is 1.70. The van der Waals surface area contributed by atoms with Crippen LogP contribution in [0, 0.1) is 0 Å². The number of aliphatic hydroxyl groups excluding tert-OH is 1. The van der Waals surface area contributed by atoms with Crippen LogP contribution in [0.5, 0.6) is 0 Å². The van der Waals surface area contributed by atoms with E-state index in [1.165, 1.54) is 0 Å². The van der Waals surface area contributed by atoms with Gasteiger partial charge < -0.3 is 24.2 Å². The number of hydrogen-bond acceptors (Lipinski definition) is 5. The summed E-state index contributed by atoms with van der Waals surface area (Å²) in [6, 6.07) is 0. The third kappa shape index (κ3) is 11.7. The molecule has 21 heavy (non-hydrogen) atoms. The van der Waals surface area contributed by atoms with Crippen molar-refractivity contribution in [2.24, 2.45) is 0 Å². The number of esters is 1. The standard InChI is InChI=1S/C15H25NO5/c1-5-6-7-8-12(17)9-15(20)21-13(10-14(18)19)11-16(2,3)4/h6-7,9,13H,5,8,10-11H2,1-4H3,(H-,17,18,19,20)/b7-6+. The molecule has 6 nitrogen and oxygen atoms in total. The molecule has 0 aliphatic carbocycles. The molecule has 0 aromatic rings. The minimum Gasteiger partial charge on any atom is -0.550 e. The monoisotopic (exact) mass is 299 g/mol. The van der Waals surface area contributed by atoms with Gasteiger partial charge in [-0.15, -0.1) is 0 Å². The number of allylic oxidation sites excluding steroid dienone is 2. The molecule has 1 unspecified atom stereocenters. The van der Waals surface area contributed by atoms with Crippen molar-refractivity contribution in [3.63, 3.8) is 0 Å². The molecule has 0 aliphatic rings. The number of aliphatic hydroxyl groups is 1. The fourth-order valence-corrected chi connectivity index (χ4v) is 1.70. The van der Waals surface area contributed by atoms with Crippen LogP contribution in [0.2, 0.25) is 0 Å². The van der Waals surface area contributed by atoms with Gasteiger partial charge in [0.25, 0.3) is 0 Å². The lowest BCUT2D eigenvalue weighted by atomic mass is 10.2. The molecule has 0 spiro atoms. The van der Waals surface area contributed by atoms with Crippen LogP contribution in [-0.2, 0) is 14.3 Å². The van der Waals surface area contributed by atoms with Crippen molar-refractivity contribution in [1.29, 1.82) is 0 Å². The quantitative estimate of drug-likeness (QED) is 0.221. The van der Waals surface area contributed by atoms with Crippen molar-refractivity contribution in [3.05, 3.63) is 24.0 Å². The Bertz CT molecular complexity index is 407. The summed E-state index contributed by atoms with van der Waals surface area (Å²) in [5, 5.41) is 20.2. The van der Waals surface area contributed by atoms with Gasteiger partial charge in [0.1, 0.15) is 12.3 Å². The zero-order valence-electron chi connectivity index (χ0n) is 13.2. The normalized spacial score (nSPS) is 14.2. The molecular formula is C15H25NO5. The van der Waals surface area contributed by atoms with Crippen molar-refractivity contribution < 1.29 is 29.0 Å². The van der Waals surface area contributed by atoms with Crippen molar-refractivity contribution in [2.45, 2.75) is 32.3 Å². The highest BCUT2D eigenvalue weighted by molar-refractivity contribution is 5.82. The number of likely N-dealkylation sites (N-methyl/N-ethyl adjacent to an activating group) is 1. The van der Waals surface area contributed by atoms with Gasteiger partial charge in [-0.25, -0.2) is 4.79 Å². The number of ether oxygens (including phenoxy) is 1. The van der Waals surface area contributed by atoms with Crippen LogP contribution in [0.15, 0.2) is 24.0 Å². The molecule has 0 aromatic carbocycles. The Morgan fingerprint density at radius 3 is 2.38 bits per heavy atom. The van der Waals surface area contributed by atoms with Gasteiger partial charge in [0.15, 0.2) is 6.10 Å². The SMILES string of the molecule is CC/C=C/C/C(O)=C/C(=O)OC(CC(=O)[O-])C[N+](C)(C)C. The van der Waals surface area contributed by atoms with Crippen LogP contribution < -0.4 is 5.11 Å². The van der Waals surface area contributed by atoms with Crippen LogP contribution in [-0.4, -0.2) is 55.3 Å². The van der Waals surface area contributed by atoms with E-state index in [9.17, 15) is 19.8 Å². The number of carbonyl (C=O) groups excluding carboxylic acids is 2. The number of hydrogen-bond donors (Lipinski definition) is 1. The lowest BCUT2D eigenvalue weighted by molar-refractivity contribution is -0.873. The zero-order chi connectivity index (χ0) is 16.5. The molecule has 0 aromatic heterocycles. The fraction of sp³-hybridized carbons (Fsp3) is 0.600. The number of aliphatic carboxylic acids is 1. The summed E-state index contributed by atoms with van der Waals surface area (Å²) in [4.78, 5) is 22.4. The van der Waals surface area contributed by atoms with Crippen LogP contribution in [0.4, 0.5) is 0 Å². The molecule has 0 aliphatic heterocycles. The molecule has 6 heteroatoms. The average Bonchev–Trinajstić information content (AvgIpc) is 2.25. The number of carboxylic acids is 1. The Hall–Kier alpha value is -1.82. The lowest BCUT2D eigenvalue weighted by Crippen LogP contribution is -2.45. The lowest BCUT2D eigenvalue weighted by Gasteiger charge is -2.29. The third-order valence-electron chi connectivity index (χ3n) is 2.44. The molecule has 0 heterocycles. The summed E-state index contributed by atoms with van der Waals surface area (Å²) in [6.07, 6.45) is 4.49. The highest BCUT2D eigenvalue weighted by Gasteiger charge is 2.21. The molecule has 0 amide bonds. The van der Waals surface area contributed by atoms with Crippen LogP contribution >= 0.6 is 0 Å². The van der Waals surface area contributed by atoms with Crippen LogP contribution in [0.3, 0.4) is 0 Å². The molecule has 0 saturated heterocycles. The van der Waals surface area contributed by atoms with Gasteiger partial charge in [0, 0.05) is 18.8 Å². The van der Waals surface area contributed by atoms with E-state index < -0.39 is 18.0 Å². The van der Waals surface area contributed by atoms with Crippen molar-refractivity contribution in [2.75, 3.05) is 27.7 Å². The maximum atomic E-state index is 11.7. The Morgan fingerprint density at radius 1 is 1.29 bits per heavy atom. The maximum absolute atomic E-state index is 11.7. The number of rotatable bonds is 9. The molecule has 120 valence electrons. The second kappa shape index (κ2) is 9.18. The van der Waals surface area contributed by atoms with Crippen LogP contribution in [0.25, 0.3) is 0 Å². The minimum atomic E-state index is -1.28. The van der Waals surface area contributed by atoms with Gasteiger partial charge in [0.05, 0.1) is 27.2 Å². The van der Waals surface area contributed by atoms with E-state index in [0.717, 1.165) is 12.5 Å². The molecule has 0 radical (unpaired) electrons. The van der Waals surface area contributed by atoms with Crippen molar-refractivity contribution >= 4 is 11.9 Å². The van der Waals surface area contributed by atoms with Gasteiger partial charge >= 0.3 is 5.97 Å². The second-order valence-electron chi connectivity index (χ2n) is 5.83. The largest absolute Gasteiger partial charge is 0.550 e. The summed E-state index contributed by atoms with van der Waals surface area (Å²) < 4.78 is 5.52. The zero-order valence-corrected chi connectivity index (χ0v) is 13.2. The Labute approximate surface area is 125 Å². The van der Waals surface area contributed by atoms with Gasteiger partial charge in [-0.3, -0.25) is 0 Å². The van der Waals surface area contributed by atoms with Crippen molar-refractivity contribution in [3.8, 4) is 0 Å². The first-order valence-electron chi connectivity index (χ1n) is 6.89. The molecular weight excluding hydrogens is 274 g/mol. The molecule has 0 fully saturated rings. The predicted molar refractivity (Wildman–Crippen MR) is 77.2 cm³/mol. The van der Waals surface area contributed by atoms with E-state index >= 15 is 0 Å². The molecule has 1 N–H and O–H groups in total. The van der Waals surface area contributed by atoms with E-state index in [1.807, 2.05) is 34.1 Å². The number of nitrogens with zero attached hydrogens (tertiary/aromatic N) is 1. The summed E-state index contributed by atoms with van der Waals surface area (Å²) >= 11 is 0. The maximum Gasteiger partial charge on any atom is 0.334 e. The van der Waals surface area contributed by atoms with Gasteiger partial charge in [0.2, 0.25) is 0 Å². The summed E-state index contributed by atoms with van der Waals surface area (Å²) in [5.74, 6) is -2.15. The Balaban J connectivity index is 4.61. The first-order valence-corrected chi connectivity index (χ1v) is 6.89. The second-order valence-corrected chi connectivity index (χ2v) is 5.83. The molecule has 0 saturated carbocycles. The summed E-state index contributed by atoms with van der Waals surface area (Å²) in [7, 11) is 5.58. The highest BCUT2D eigenvalue weighted by atomic mass is 16.5. The van der Waals surface area contributed by atoms with E-state index in [0.29, 0.717) is 11.0 Å². The van der Waals surface area contributed by atoms with Gasteiger partial charge in [-0.2, -0.15) is 0 Å². The number of carboxylic acid groups (broad SMARTS) is 1. The van der Waals surface area contributed by atoms with Crippen molar-refractivity contribution in [1.82, 2.24) is 0 Å². The van der Waals surface area contributed by atoms with E-state index in [4.69, 9.17) is 4.74 Å². The molecule has 0 bridgehead atoms. The third-order valence-corrected chi connectivity index (χ3v) is 2.44. The minimum absolute atomic E-state index is 0.123. The smallest absolute Gasteiger partial charge is 0.334 e. The first-order chi connectivity index (χ1) is 9.64. The topological polar surface area (TPSA) is 86.7 Å². The molecule has 1 atom stereocenters. The van der Waals surface area contributed by atoms with E-state index in [-0.39, 0.29) is 18.6 Å². The van der Waals surface area contributed by atoms with E-state index in [2.05, 4.69) is 0 Å². The average molecular weight is 299 g/mol. The number of quaternary nitrogens is 1. The molecule has 0 rings (SSSR count). The van der Waals surface area contributed by atoms with Crippen LogP contribution in [0.1, 0.15) is 26.2 Å². The highest BCUT2D eigenvalue weighted by Crippen LogP contribution is 2.07. The number of carbonyl (C=O) groups is 2. The predicted octanol–water partition coefficient (Wildman–Crippen LogP) is 0.543. The van der Waals surface area contributed by atoms with E-state index in [1.54, 1.807) is 6.08 Å². The first kappa shape index (κ1) is 19.2. The van der Waals surface area contributed by atoms with Gasteiger partial charge in [-0.1, -0.05) is 19.1 Å². The Morgan fingerprint density at radius 2 is 1.90 bits per heavy atom.